The maximum absolute atomic E-state index is 12.6. The van der Waals surface area contributed by atoms with Crippen molar-refractivity contribution >= 4 is 35.0 Å². The molecule has 9 heteroatoms. The second-order valence-electron chi connectivity index (χ2n) is 7.38. The van der Waals surface area contributed by atoms with Gasteiger partial charge < -0.3 is 10.6 Å². The molecule has 2 aromatic carbocycles. The van der Waals surface area contributed by atoms with Crippen LogP contribution in [0.4, 0.5) is 11.4 Å². The molecule has 0 aromatic heterocycles. The molecule has 1 atom stereocenters. The first-order valence-electron chi connectivity index (χ1n) is 10.2. The van der Waals surface area contributed by atoms with E-state index in [0.29, 0.717) is 23.2 Å². The van der Waals surface area contributed by atoms with Gasteiger partial charge in [-0.1, -0.05) is 18.7 Å². The molecular weight excluding hydrogens is 416 g/mol. The van der Waals surface area contributed by atoms with Crippen molar-refractivity contribution in [2.24, 2.45) is 0 Å². The van der Waals surface area contributed by atoms with Crippen LogP contribution in [0, 0.1) is 10.1 Å². The average Bonchev–Trinajstić information content (AvgIpc) is 3.20. The number of nitrogens with zero attached hydrogens (tertiary/aromatic N) is 2. The molecule has 1 saturated heterocycles. The van der Waals surface area contributed by atoms with Crippen LogP contribution < -0.4 is 10.6 Å². The minimum absolute atomic E-state index is 0.111. The van der Waals surface area contributed by atoms with Crippen LogP contribution >= 0.6 is 11.8 Å². The van der Waals surface area contributed by atoms with E-state index < -0.39 is 4.92 Å². The smallest absolute Gasteiger partial charge is 0.284 e. The predicted molar refractivity (Wildman–Crippen MR) is 121 cm³/mol. The van der Waals surface area contributed by atoms with E-state index in [4.69, 9.17) is 0 Å². The van der Waals surface area contributed by atoms with Gasteiger partial charge in [0.25, 0.3) is 11.6 Å². The molecule has 2 aromatic rings. The lowest BCUT2D eigenvalue weighted by molar-refractivity contribution is -0.387. The Balaban J connectivity index is 1.69. The summed E-state index contributed by atoms with van der Waals surface area (Å²) in [5.74, 6) is -0.470. The van der Waals surface area contributed by atoms with Crippen molar-refractivity contribution in [2.75, 3.05) is 25.0 Å². The molecule has 2 N–H and O–H groups in total. The molecular formula is C22H26N4O4S. The molecule has 1 heterocycles. The van der Waals surface area contributed by atoms with E-state index in [1.807, 2.05) is 0 Å². The van der Waals surface area contributed by atoms with Crippen LogP contribution in [0.5, 0.6) is 0 Å². The first-order chi connectivity index (χ1) is 14.9. The van der Waals surface area contributed by atoms with E-state index in [2.05, 4.69) is 22.5 Å². The number of hydrogen-bond acceptors (Lipinski definition) is 6. The number of amides is 2. The summed E-state index contributed by atoms with van der Waals surface area (Å²) in [6.07, 6.45) is 2.17. The highest BCUT2D eigenvalue weighted by atomic mass is 32.2. The number of nitrogens with one attached hydrogen (secondary N) is 2. The SMILES string of the molecule is CCN1CCCC1CNC(=O)c1ccc(Sc2ccc(NC(C)=O)cc2)c([N+](=O)[O-])c1. The summed E-state index contributed by atoms with van der Waals surface area (Å²) in [5.41, 5.74) is 0.819. The van der Waals surface area contributed by atoms with Gasteiger partial charge in [0.05, 0.1) is 9.82 Å². The first-order valence-corrected chi connectivity index (χ1v) is 11.0. The van der Waals surface area contributed by atoms with E-state index in [1.165, 1.54) is 24.8 Å². The molecule has 164 valence electrons. The molecule has 2 amide bonds. The van der Waals surface area contributed by atoms with E-state index >= 15 is 0 Å². The van der Waals surface area contributed by atoms with Gasteiger partial charge >= 0.3 is 0 Å². The van der Waals surface area contributed by atoms with Gasteiger partial charge in [0, 0.05) is 41.7 Å². The fourth-order valence-electron chi connectivity index (χ4n) is 3.68. The summed E-state index contributed by atoms with van der Waals surface area (Å²) in [4.78, 5) is 38.4. The molecule has 1 aliphatic heterocycles. The lowest BCUT2D eigenvalue weighted by Gasteiger charge is -2.22. The summed E-state index contributed by atoms with van der Waals surface area (Å²) in [6.45, 7) is 6.06. The number of carbonyl (C=O) groups excluding carboxylic acids is 2. The Labute approximate surface area is 185 Å². The van der Waals surface area contributed by atoms with Gasteiger partial charge in [0.15, 0.2) is 0 Å². The van der Waals surface area contributed by atoms with Crippen molar-refractivity contribution in [3.05, 3.63) is 58.1 Å². The molecule has 0 spiro atoms. The highest BCUT2D eigenvalue weighted by molar-refractivity contribution is 7.99. The quantitative estimate of drug-likeness (QED) is 0.474. The molecule has 1 unspecified atom stereocenters. The van der Waals surface area contributed by atoms with Gasteiger partial charge in [-0.2, -0.15) is 0 Å². The van der Waals surface area contributed by atoms with Crippen LogP contribution in [0.1, 0.15) is 37.0 Å². The van der Waals surface area contributed by atoms with Gasteiger partial charge in [0.1, 0.15) is 0 Å². The Morgan fingerprint density at radius 2 is 1.97 bits per heavy atom. The molecule has 3 rings (SSSR count). The van der Waals surface area contributed by atoms with Crippen molar-refractivity contribution in [1.29, 1.82) is 0 Å². The van der Waals surface area contributed by atoms with Crippen molar-refractivity contribution in [3.8, 4) is 0 Å². The lowest BCUT2D eigenvalue weighted by atomic mass is 10.1. The Bertz CT molecular complexity index is 964. The molecule has 31 heavy (non-hydrogen) atoms. The number of carbonyl (C=O) groups is 2. The molecule has 1 aliphatic rings. The number of nitro benzene ring substituents is 1. The van der Waals surface area contributed by atoms with Gasteiger partial charge in [-0.15, -0.1) is 0 Å². The molecule has 1 fully saturated rings. The number of likely N-dealkylation sites (tertiary alicyclic amines) is 1. The van der Waals surface area contributed by atoms with Gasteiger partial charge in [-0.3, -0.25) is 24.6 Å². The summed E-state index contributed by atoms with van der Waals surface area (Å²) in [7, 11) is 0. The topological polar surface area (TPSA) is 105 Å². The third-order valence-corrected chi connectivity index (χ3v) is 6.30. The Kier molecular flexibility index (Phi) is 7.64. The number of rotatable bonds is 8. The monoisotopic (exact) mass is 442 g/mol. The highest BCUT2D eigenvalue weighted by Gasteiger charge is 2.24. The lowest BCUT2D eigenvalue weighted by Crippen LogP contribution is -2.40. The number of benzene rings is 2. The van der Waals surface area contributed by atoms with Crippen LogP contribution in [-0.2, 0) is 4.79 Å². The molecule has 0 saturated carbocycles. The van der Waals surface area contributed by atoms with Gasteiger partial charge in [-0.25, -0.2) is 0 Å². The third kappa shape index (κ3) is 6.05. The summed E-state index contributed by atoms with van der Waals surface area (Å²) in [5, 5.41) is 17.2. The Morgan fingerprint density at radius 1 is 1.23 bits per heavy atom. The van der Waals surface area contributed by atoms with Gasteiger partial charge in [0.2, 0.25) is 5.91 Å². The Morgan fingerprint density at radius 3 is 2.61 bits per heavy atom. The minimum atomic E-state index is -0.472. The number of hydrogen-bond donors (Lipinski definition) is 2. The Hall–Kier alpha value is -2.91. The van der Waals surface area contributed by atoms with E-state index in [0.717, 1.165) is 30.8 Å². The maximum atomic E-state index is 12.6. The van der Waals surface area contributed by atoms with Crippen LogP contribution in [0.15, 0.2) is 52.3 Å². The second-order valence-corrected chi connectivity index (χ2v) is 8.50. The van der Waals surface area contributed by atoms with E-state index in [9.17, 15) is 19.7 Å². The molecule has 0 aliphatic carbocycles. The zero-order chi connectivity index (χ0) is 22.4. The molecule has 0 radical (unpaired) electrons. The predicted octanol–water partition coefficient (Wildman–Crippen LogP) is 3.92. The average molecular weight is 443 g/mol. The van der Waals surface area contributed by atoms with Crippen LogP contribution in [-0.4, -0.2) is 47.3 Å². The van der Waals surface area contributed by atoms with E-state index in [1.54, 1.807) is 36.4 Å². The van der Waals surface area contributed by atoms with Crippen molar-refractivity contribution in [2.45, 2.75) is 42.5 Å². The summed E-state index contributed by atoms with van der Waals surface area (Å²) < 4.78 is 0. The first kappa shape index (κ1) is 22.8. The standard InChI is InChI=1S/C22H26N4O4S/c1-3-25-12-4-5-18(25)14-23-22(28)16-6-11-21(20(13-16)26(29)30)31-19-9-7-17(8-10-19)24-15(2)27/h6-11,13,18H,3-5,12,14H2,1-2H3,(H,23,28)(H,24,27). The zero-order valence-electron chi connectivity index (χ0n) is 17.6. The second kappa shape index (κ2) is 10.4. The normalized spacial score (nSPS) is 16.1. The largest absolute Gasteiger partial charge is 0.350 e. The van der Waals surface area contributed by atoms with Crippen LogP contribution in [0.2, 0.25) is 0 Å². The maximum Gasteiger partial charge on any atom is 0.284 e. The molecule has 0 bridgehead atoms. The van der Waals surface area contributed by atoms with E-state index in [-0.39, 0.29) is 23.1 Å². The van der Waals surface area contributed by atoms with Crippen LogP contribution in [0.25, 0.3) is 0 Å². The summed E-state index contributed by atoms with van der Waals surface area (Å²) in [6, 6.07) is 11.9. The number of anilines is 1. The van der Waals surface area contributed by atoms with Crippen molar-refractivity contribution in [1.82, 2.24) is 10.2 Å². The highest BCUT2D eigenvalue weighted by Crippen LogP contribution is 2.35. The molecule has 8 nitrogen and oxygen atoms in total. The third-order valence-electron chi connectivity index (χ3n) is 5.22. The fourth-order valence-corrected chi connectivity index (χ4v) is 4.58. The fraction of sp³-hybridized carbons (Fsp3) is 0.364. The van der Waals surface area contributed by atoms with Crippen molar-refractivity contribution in [3.63, 3.8) is 0 Å². The number of nitro groups is 1. The summed E-state index contributed by atoms with van der Waals surface area (Å²) >= 11 is 1.23. The van der Waals surface area contributed by atoms with Crippen molar-refractivity contribution < 1.29 is 14.5 Å². The minimum Gasteiger partial charge on any atom is -0.350 e. The zero-order valence-corrected chi connectivity index (χ0v) is 18.4. The van der Waals surface area contributed by atoms with Crippen LogP contribution in [0.3, 0.4) is 0 Å². The van der Waals surface area contributed by atoms with Gasteiger partial charge in [-0.05, 0) is 62.3 Å². The number of likely N-dealkylation sites (N-methyl/N-ethyl adjacent to an activating group) is 1.